The zero-order valence-corrected chi connectivity index (χ0v) is 48.1. The number of allylic oxidation sites excluding steroid dienone is 1. The molecule has 11 rings (SSSR count). The third-order valence-corrected chi connectivity index (χ3v) is 21.9. The van der Waals surface area contributed by atoms with Gasteiger partial charge in [-0.15, -0.1) is 0 Å². The number of ether oxygens (including phenoxy) is 12. The highest BCUT2D eigenvalue weighted by molar-refractivity contribution is 5.26. The summed E-state index contributed by atoms with van der Waals surface area (Å²) in [6.45, 7) is 8.36. The smallest absolute Gasteiger partial charge is 0.187 e. The molecule has 7 heterocycles. The predicted octanol–water partition coefficient (Wildman–Crippen LogP) is -4.14. The van der Waals surface area contributed by atoms with Crippen LogP contribution in [0.4, 0.5) is 0 Å². The van der Waals surface area contributed by atoms with Gasteiger partial charge in [0.25, 0.3) is 0 Å². The van der Waals surface area contributed by atoms with Gasteiger partial charge in [0.05, 0.1) is 51.3 Å². The third-order valence-electron chi connectivity index (χ3n) is 21.9. The van der Waals surface area contributed by atoms with Gasteiger partial charge < -0.3 is 133 Å². The quantitative estimate of drug-likeness (QED) is 0.0735. The molecule has 4 aliphatic carbocycles. The molecule has 15 N–H and O–H groups in total. The lowest BCUT2D eigenvalue weighted by atomic mass is 9.47. The van der Waals surface area contributed by atoms with Crippen LogP contribution in [0.3, 0.4) is 0 Å². The molecule has 0 radical (unpaired) electrons. The van der Waals surface area contributed by atoms with Gasteiger partial charge in [0, 0.05) is 12.3 Å². The average Bonchev–Trinajstić information content (AvgIpc) is 2.55. The summed E-state index contributed by atoms with van der Waals surface area (Å²) in [5.74, 6) is 2.15. The van der Waals surface area contributed by atoms with E-state index in [-0.39, 0.29) is 16.9 Å². The molecule has 36 atom stereocenters. The Bertz CT molecular complexity index is 2240. The van der Waals surface area contributed by atoms with Crippen LogP contribution in [-0.4, -0.2) is 281 Å². The molecule has 7 saturated heterocycles. The molecule has 0 aromatic rings. The van der Waals surface area contributed by atoms with E-state index < -0.39 is 192 Å². The maximum Gasteiger partial charge on any atom is 0.187 e. The maximum absolute atomic E-state index is 12.5. The van der Waals surface area contributed by atoms with Gasteiger partial charge in [0.1, 0.15) is 116 Å². The second-order valence-electron chi connectivity index (χ2n) is 26.7. The average molecular weight is 1210 g/mol. The molecule has 482 valence electrons. The summed E-state index contributed by atoms with van der Waals surface area (Å²) in [5, 5.41) is 163. The maximum atomic E-state index is 12.5. The van der Waals surface area contributed by atoms with Crippen molar-refractivity contribution in [3.05, 3.63) is 11.6 Å². The van der Waals surface area contributed by atoms with Gasteiger partial charge in [0.2, 0.25) is 0 Å². The first kappa shape index (κ1) is 64.2. The van der Waals surface area contributed by atoms with Crippen LogP contribution in [0.15, 0.2) is 11.6 Å². The second-order valence-corrected chi connectivity index (χ2v) is 26.7. The fraction of sp³-hybridized carbons (Fsp3) is 0.965. The number of hydrogen-bond acceptors (Lipinski definition) is 27. The summed E-state index contributed by atoms with van der Waals surface area (Å²) in [6.07, 6.45) is -33.7. The highest BCUT2D eigenvalue weighted by Crippen LogP contribution is 2.71. The zero-order valence-electron chi connectivity index (χ0n) is 48.1. The van der Waals surface area contributed by atoms with Crippen LogP contribution in [0.25, 0.3) is 0 Å². The molecule has 0 aromatic heterocycles. The lowest BCUT2D eigenvalue weighted by molar-refractivity contribution is -0.397. The molecule has 10 fully saturated rings. The van der Waals surface area contributed by atoms with Crippen LogP contribution in [0.5, 0.6) is 0 Å². The van der Waals surface area contributed by atoms with Gasteiger partial charge in [-0.1, -0.05) is 39.3 Å². The molecule has 11 aliphatic rings. The second kappa shape index (κ2) is 25.0. The Morgan fingerprint density at radius 2 is 1.11 bits per heavy atom. The molecule has 0 aromatic carbocycles. The number of fused-ring (bicyclic) bond motifs is 7. The zero-order chi connectivity index (χ0) is 60.2. The molecular weight excluding hydrogens is 1120 g/mol. The fourth-order valence-electron chi connectivity index (χ4n) is 16.9. The van der Waals surface area contributed by atoms with Gasteiger partial charge in [-0.3, -0.25) is 0 Å². The SMILES string of the molecule is C[C@@H]1CC[C@@]2(OC1)O[C@H]1C[C@H]3[C@@H]4CC=C5C[C@@H](O[C@@H]6O[C@H](CO)[C@@H](O[C@@H]7O[C@H](CO)[C@@H](O)[C@H](O[C@@H]8O[C@H](CO[C@@H]9O[C@H](CO)[C@@H](O)[C@H](O)[C@H]9O)[C@@H](O)[C@H](O)[C@H]8O)[C@H]7O)[C@H](O)[C@H]6O[C@@H]6O[C@@H](C)[C@H](O)[C@@H](O)[C@H]6O)CC[C@]5(C)[C@H]4CC[C@]3(C)[C@H]1[C@@H]2C. The van der Waals surface area contributed by atoms with E-state index in [2.05, 4.69) is 33.8 Å². The summed E-state index contributed by atoms with van der Waals surface area (Å²) < 4.78 is 73.3. The van der Waals surface area contributed by atoms with Gasteiger partial charge in [-0.25, -0.2) is 0 Å². The first-order valence-electron chi connectivity index (χ1n) is 30.4. The van der Waals surface area contributed by atoms with E-state index in [1.165, 1.54) is 12.5 Å². The van der Waals surface area contributed by atoms with E-state index >= 15 is 0 Å². The van der Waals surface area contributed by atoms with Crippen molar-refractivity contribution in [3.63, 3.8) is 0 Å². The Balaban J connectivity index is 0.783. The highest BCUT2D eigenvalue weighted by Gasteiger charge is 2.69. The molecule has 0 unspecified atom stereocenters. The predicted molar refractivity (Wildman–Crippen MR) is 279 cm³/mol. The molecule has 27 heteroatoms. The van der Waals surface area contributed by atoms with Gasteiger partial charge in [-0.05, 0) is 98.7 Å². The summed E-state index contributed by atoms with van der Waals surface area (Å²) in [4.78, 5) is 0. The molecule has 1 spiro atoms. The normalized spacial score (nSPS) is 56.8. The van der Waals surface area contributed by atoms with E-state index in [4.69, 9.17) is 56.8 Å². The Morgan fingerprint density at radius 3 is 1.79 bits per heavy atom. The highest BCUT2D eigenvalue weighted by atomic mass is 16.8. The van der Waals surface area contributed by atoms with Gasteiger partial charge in [0.15, 0.2) is 37.2 Å². The number of aliphatic hydroxyl groups is 15. The van der Waals surface area contributed by atoms with E-state index in [1.807, 2.05) is 0 Å². The lowest BCUT2D eigenvalue weighted by Crippen LogP contribution is -2.68. The summed E-state index contributed by atoms with van der Waals surface area (Å²) in [7, 11) is 0. The van der Waals surface area contributed by atoms with Crippen LogP contribution in [0, 0.1) is 46.3 Å². The summed E-state index contributed by atoms with van der Waals surface area (Å²) in [6, 6.07) is 0. The van der Waals surface area contributed by atoms with Crippen molar-refractivity contribution in [2.24, 2.45) is 46.3 Å². The lowest BCUT2D eigenvalue weighted by Gasteiger charge is -2.59. The van der Waals surface area contributed by atoms with Gasteiger partial charge >= 0.3 is 0 Å². The van der Waals surface area contributed by atoms with Crippen molar-refractivity contribution in [3.8, 4) is 0 Å². The third kappa shape index (κ3) is 11.2. The van der Waals surface area contributed by atoms with Crippen LogP contribution in [0.1, 0.15) is 92.4 Å². The summed E-state index contributed by atoms with van der Waals surface area (Å²) in [5.41, 5.74) is 1.26. The van der Waals surface area contributed by atoms with Crippen LogP contribution in [0.2, 0.25) is 0 Å². The topological polar surface area (TPSA) is 414 Å². The van der Waals surface area contributed by atoms with E-state index in [9.17, 15) is 76.6 Å². The minimum absolute atomic E-state index is 0.124. The minimum Gasteiger partial charge on any atom is -0.394 e. The fourth-order valence-corrected chi connectivity index (χ4v) is 16.9. The first-order valence-corrected chi connectivity index (χ1v) is 30.4. The molecule has 7 aliphatic heterocycles. The van der Waals surface area contributed by atoms with Crippen LogP contribution in [-0.2, 0) is 56.8 Å². The molecule has 0 bridgehead atoms. The van der Waals surface area contributed by atoms with Crippen LogP contribution < -0.4 is 0 Å². The van der Waals surface area contributed by atoms with Crippen molar-refractivity contribution in [1.82, 2.24) is 0 Å². The van der Waals surface area contributed by atoms with Gasteiger partial charge in [-0.2, -0.15) is 0 Å². The van der Waals surface area contributed by atoms with Crippen molar-refractivity contribution < 1.29 is 133 Å². The molecule has 0 amide bonds. The molecule has 27 nitrogen and oxygen atoms in total. The van der Waals surface area contributed by atoms with Crippen molar-refractivity contribution in [2.75, 3.05) is 33.0 Å². The first-order chi connectivity index (χ1) is 39.9. The van der Waals surface area contributed by atoms with E-state index in [1.54, 1.807) is 0 Å². The number of rotatable bonds is 14. The Hall–Kier alpha value is -1.34. The largest absolute Gasteiger partial charge is 0.394 e. The summed E-state index contributed by atoms with van der Waals surface area (Å²) >= 11 is 0. The van der Waals surface area contributed by atoms with Crippen molar-refractivity contribution in [2.45, 2.75) is 264 Å². The monoisotopic (exact) mass is 1210 g/mol. The van der Waals surface area contributed by atoms with Crippen molar-refractivity contribution in [1.29, 1.82) is 0 Å². The standard InChI is InChI=1S/C57H92O27/c1-21-8-13-57(74-19-21)22(2)34-29(84-57)15-28-26-7-6-24-14-25(9-11-55(24,4)27(26)10-12-56(28,34)5)76-54-49(83-51-43(69)39(65)35(61)23(3)75-51)45(71)47(32(18-60)79-54)81-53-46(72)48(38(64)31(17-59)78-53)82-52-44(70)41(67)37(63)33(80-52)20-73-50-42(68)40(66)36(62)30(16-58)77-50/h6,21-23,25-54,58-72H,7-20H2,1-5H3/t21-,22+,23+,25+,26-,27+,28+,29+,30-,31-,32-,33-,34+,35+,36-,37-,38-,39-,40+,41+,42-,43-,44-,45+,46-,47-,48+,49-,50-,51+,52+,53+,54-,55+,56+,57-/m1/s1. The van der Waals surface area contributed by atoms with Crippen molar-refractivity contribution >= 4 is 0 Å². The minimum atomic E-state index is -2.11. The Morgan fingerprint density at radius 1 is 0.524 bits per heavy atom. The molecule has 84 heavy (non-hydrogen) atoms. The Kier molecular flexibility index (Phi) is 19.1. The van der Waals surface area contributed by atoms with E-state index in [0.29, 0.717) is 48.3 Å². The van der Waals surface area contributed by atoms with Crippen LogP contribution >= 0.6 is 0 Å². The van der Waals surface area contributed by atoms with E-state index in [0.717, 1.165) is 51.6 Å². The Labute approximate surface area is 487 Å². The number of aliphatic hydroxyl groups excluding tert-OH is 15. The number of hydrogen-bond donors (Lipinski definition) is 15. The molecule has 3 saturated carbocycles. The molecular formula is C57H92O27.